The van der Waals surface area contributed by atoms with Gasteiger partial charge in [-0.15, -0.1) is 0 Å². The summed E-state index contributed by atoms with van der Waals surface area (Å²) in [6.45, 7) is 0.346. The third kappa shape index (κ3) is 4.97. The summed E-state index contributed by atoms with van der Waals surface area (Å²) in [5.74, 6) is -0.224. The van der Waals surface area contributed by atoms with E-state index in [1.807, 2.05) is 12.1 Å². The van der Waals surface area contributed by atoms with E-state index in [1.54, 1.807) is 30.3 Å². The first-order valence-corrected chi connectivity index (χ1v) is 8.01. The van der Waals surface area contributed by atoms with Crippen molar-refractivity contribution in [3.05, 3.63) is 59.2 Å². The number of methoxy groups -OCH3 is 2. The van der Waals surface area contributed by atoms with E-state index in [-0.39, 0.29) is 12.3 Å². The van der Waals surface area contributed by atoms with Crippen LogP contribution in [-0.4, -0.2) is 37.2 Å². The number of hydrogen-bond acceptors (Lipinski definition) is 5. The maximum Gasteiger partial charge on any atom is 0.320 e. The van der Waals surface area contributed by atoms with E-state index in [1.165, 1.54) is 14.2 Å². The average Bonchev–Trinajstić information content (AvgIpc) is 2.66. The third-order valence-corrected chi connectivity index (χ3v) is 3.89. The summed E-state index contributed by atoms with van der Waals surface area (Å²) in [4.78, 5) is 23.1. The van der Waals surface area contributed by atoms with Gasteiger partial charge in [0.05, 0.1) is 14.2 Å². The van der Waals surface area contributed by atoms with E-state index in [0.717, 1.165) is 11.1 Å². The molecule has 7 nitrogen and oxygen atoms in total. The van der Waals surface area contributed by atoms with Crippen molar-refractivity contribution in [3.8, 4) is 11.5 Å². The van der Waals surface area contributed by atoms with Crippen molar-refractivity contribution >= 4 is 11.9 Å². The summed E-state index contributed by atoms with van der Waals surface area (Å²) in [5.41, 5.74) is 7.71. The van der Waals surface area contributed by atoms with Gasteiger partial charge in [0.25, 0.3) is 5.91 Å². The Hall–Kier alpha value is -3.06. The van der Waals surface area contributed by atoms with Gasteiger partial charge in [0.1, 0.15) is 6.04 Å². The van der Waals surface area contributed by atoms with Gasteiger partial charge in [0.15, 0.2) is 11.5 Å². The molecule has 1 amide bonds. The lowest BCUT2D eigenvalue weighted by atomic mass is 10.0. The maximum atomic E-state index is 12.3. The number of carboxylic acid groups (broad SMARTS) is 1. The Balaban J connectivity index is 1.96. The van der Waals surface area contributed by atoms with Gasteiger partial charge in [-0.1, -0.05) is 24.3 Å². The highest BCUT2D eigenvalue weighted by Crippen LogP contribution is 2.27. The van der Waals surface area contributed by atoms with Crippen LogP contribution in [0, 0.1) is 0 Å². The number of hydrogen-bond donors (Lipinski definition) is 3. The van der Waals surface area contributed by atoms with Crippen molar-refractivity contribution in [1.29, 1.82) is 0 Å². The average molecular weight is 358 g/mol. The lowest BCUT2D eigenvalue weighted by molar-refractivity contribution is -0.138. The van der Waals surface area contributed by atoms with Crippen molar-refractivity contribution in [2.24, 2.45) is 5.73 Å². The number of amides is 1. The van der Waals surface area contributed by atoms with Crippen molar-refractivity contribution in [3.63, 3.8) is 0 Å². The highest BCUT2D eigenvalue weighted by atomic mass is 16.5. The van der Waals surface area contributed by atoms with Crippen molar-refractivity contribution in [2.75, 3.05) is 14.2 Å². The SMILES string of the molecule is COc1ccc(C(=O)NCc2ccc(CC(N)C(=O)O)cc2)cc1OC. The van der Waals surface area contributed by atoms with Crippen LogP contribution in [0.5, 0.6) is 11.5 Å². The molecular formula is C19H22N2O5. The number of rotatable bonds is 8. The third-order valence-electron chi connectivity index (χ3n) is 3.89. The molecule has 0 heterocycles. The van der Waals surface area contributed by atoms with Crippen LogP contribution >= 0.6 is 0 Å². The minimum Gasteiger partial charge on any atom is -0.493 e. The van der Waals surface area contributed by atoms with E-state index in [9.17, 15) is 9.59 Å². The number of benzene rings is 2. The van der Waals surface area contributed by atoms with Gasteiger partial charge in [0, 0.05) is 12.1 Å². The molecule has 0 aliphatic carbocycles. The van der Waals surface area contributed by atoms with Gasteiger partial charge in [-0.05, 0) is 35.7 Å². The molecule has 4 N–H and O–H groups in total. The number of nitrogens with one attached hydrogen (secondary N) is 1. The fourth-order valence-electron chi connectivity index (χ4n) is 2.40. The summed E-state index contributed by atoms with van der Waals surface area (Å²) in [5, 5.41) is 11.7. The first-order valence-electron chi connectivity index (χ1n) is 8.01. The molecule has 1 unspecified atom stereocenters. The minimum atomic E-state index is -1.03. The molecule has 0 saturated carbocycles. The highest BCUT2D eigenvalue weighted by molar-refractivity contribution is 5.94. The predicted octanol–water partition coefficient (Wildman–Crippen LogP) is 1.59. The largest absolute Gasteiger partial charge is 0.493 e. The van der Waals surface area contributed by atoms with Crippen LogP contribution in [0.4, 0.5) is 0 Å². The van der Waals surface area contributed by atoms with Crippen LogP contribution in [0.15, 0.2) is 42.5 Å². The second-order valence-electron chi connectivity index (χ2n) is 5.72. The molecule has 0 aliphatic heterocycles. The van der Waals surface area contributed by atoms with Crippen molar-refractivity contribution < 1.29 is 24.2 Å². The zero-order valence-corrected chi connectivity index (χ0v) is 14.7. The molecule has 0 aromatic heterocycles. The summed E-state index contributed by atoms with van der Waals surface area (Å²) in [6, 6.07) is 11.3. The van der Waals surface area contributed by atoms with Crippen LogP contribution < -0.4 is 20.5 Å². The summed E-state index contributed by atoms with van der Waals surface area (Å²) < 4.78 is 10.3. The van der Waals surface area contributed by atoms with E-state index >= 15 is 0 Å². The summed E-state index contributed by atoms with van der Waals surface area (Å²) in [7, 11) is 3.04. The molecule has 0 bridgehead atoms. The Morgan fingerprint density at radius 3 is 2.23 bits per heavy atom. The van der Waals surface area contributed by atoms with Crippen LogP contribution in [0.2, 0.25) is 0 Å². The number of carbonyl (C=O) groups is 2. The van der Waals surface area contributed by atoms with Crippen LogP contribution in [0.1, 0.15) is 21.5 Å². The smallest absolute Gasteiger partial charge is 0.320 e. The molecule has 0 fully saturated rings. The molecule has 26 heavy (non-hydrogen) atoms. The van der Waals surface area contributed by atoms with Gasteiger partial charge in [0.2, 0.25) is 0 Å². The molecular weight excluding hydrogens is 336 g/mol. The fourth-order valence-corrected chi connectivity index (χ4v) is 2.40. The molecule has 0 saturated heterocycles. The highest BCUT2D eigenvalue weighted by Gasteiger charge is 2.12. The number of ether oxygens (including phenoxy) is 2. The van der Waals surface area contributed by atoms with Crippen LogP contribution in [0.25, 0.3) is 0 Å². The first-order chi connectivity index (χ1) is 12.4. The summed E-state index contributed by atoms with van der Waals surface area (Å²) in [6.07, 6.45) is 0.258. The van der Waals surface area contributed by atoms with Crippen LogP contribution in [-0.2, 0) is 17.8 Å². The molecule has 0 spiro atoms. The molecule has 0 radical (unpaired) electrons. The lowest BCUT2D eigenvalue weighted by Gasteiger charge is -2.11. The molecule has 1 atom stereocenters. The number of carboxylic acids is 1. The zero-order chi connectivity index (χ0) is 19.1. The lowest BCUT2D eigenvalue weighted by Crippen LogP contribution is -2.32. The van der Waals surface area contributed by atoms with Gasteiger partial charge < -0.3 is 25.6 Å². The first kappa shape index (κ1) is 19.3. The van der Waals surface area contributed by atoms with Gasteiger partial charge in [-0.2, -0.15) is 0 Å². The molecule has 2 rings (SSSR count). The van der Waals surface area contributed by atoms with Crippen molar-refractivity contribution in [2.45, 2.75) is 19.0 Å². The minimum absolute atomic E-state index is 0.233. The van der Waals surface area contributed by atoms with E-state index in [0.29, 0.717) is 23.6 Å². The zero-order valence-electron chi connectivity index (χ0n) is 14.7. The van der Waals surface area contributed by atoms with Crippen LogP contribution in [0.3, 0.4) is 0 Å². The van der Waals surface area contributed by atoms with Crippen molar-refractivity contribution in [1.82, 2.24) is 5.32 Å². The standard InChI is InChI=1S/C19H22N2O5/c1-25-16-8-7-14(10-17(16)26-2)18(22)21-11-13-5-3-12(4-6-13)9-15(20)19(23)24/h3-8,10,15H,9,11,20H2,1-2H3,(H,21,22)(H,23,24). The second kappa shape index (κ2) is 8.87. The van der Waals surface area contributed by atoms with E-state index in [2.05, 4.69) is 5.32 Å². The second-order valence-corrected chi connectivity index (χ2v) is 5.72. The fraction of sp³-hybridized carbons (Fsp3) is 0.263. The molecule has 2 aromatic rings. The predicted molar refractivity (Wildman–Crippen MR) is 96.5 cm³/mol. The van der Waals surface area contributed by atoms with Gasteiger partial charge in [-0.3, -0.25) is 9.59 Å². The molecule has 2 aromatic carbocycles. The van der Waals surface area contributed by atoms with E-state index < -0.39 is 12.0 Å². The maximum absolute atomic E-state index is 12.3. The monoisotopic (exact) mass is 358 g/mol. The Kier molecular flexibility index (Phi) is 6.57. The number of carbonyl (C=O) groups excluding carboxylic acids is 1. The summed E-state index contributed by atoms with van der Waals surface area (Å²) >= 11 is 0. The Morgan fingerprint density at radius 1 is 1.04 bits per heavy atom. The van der Waals surface area contributed by atoms with Gasteiger partial charge in [-0.25, -0.2) is 0 Å². The number of nitrogens with two attached hydrogens (primary N) is 1. The van der Waals surface area contributed by atoms with E-state index in [4.69, 9.17) is 20.3 Å². The topological polar surface area (TPSA) is 111 Å². The normalized spacial score (nSPS) is 11.5. The number of aliphatic carboxylic acids is 1. The molecule has 0 aliphatic rings. The Bertz CT molecular complexity index is 774. The quantitative estimate of drug-likeness (QED) is 0.661. The molecule has 138 valence electrons. The van der Waals surface area contributed by atoms with Gasteiger partial charge >= 0.3 is 5.97 Å². The Labute approximate surface area is 151 Å². The Morgan fingerprint density at radius 2 is 1.65 bits per heavy atom. The molecule has 7 heteroatoms.